The van der Waals surface area contributed by atoms with Crippen molar-refractivity contribution < 1.29 is 55.0 Å². The number of carboxylic acids is 4. The molecule has 1 fully saturated rings. The SMILES string of the molecule is CN(C)c1ccc(NC(=O)CN2CCN(CCCO)CC2)cc1.O.O=C(O)/C=C\C(=O)O.O=C(O)/C=C\C(=O)O. The van der Waals surface area contributed by atoms with Gasteiger partial charge in [0.25, 0.3) is 0 Å². The van der Waals surface area contributed by atoms with E-state index in [0.717, 1.165) is 50.5 Å². The standard InChI is InChI=1S/C17H28N4O2.2C4H4O4.H2O/c1-19(2)16-6-4-15(5-7-16)18-17(23)14-21-11-9-20(10-12-21)8-3-13-22;2*5-3(6)1-2-4(7)8;/h4-7,22H,3,8-14H2,1-2H3,(H,18,23);2*1-2H,(H,5,6)(H,7,8);1H2/b;2*2-1-;. The lowest BCUT2D eigenvalue weighted by Crippen LogP contribution is -2.48. The van der Waals surface area contributed by atoms with E-state index < -0.39 is 23.9 Å². The second-order valence-corrected chi connectivity index (χ2v) is 8.20. The molecule has 224 valence electrons. The van der Waals surface area contributed by atoms with E-state index in [1.807, 2.05) is 43.3 Å². The highest BCUT2D eigenvalue weighted by molar-refractivity contribution is 5.92. The molecule has 1 aromatic carbocycles. The Balaban J connectivity index is 0. The summed E-state index contributed by atoms with van der Waals surface area (Å²) in [6.07, 6.45) is 3.05. The maximum absolute atomic E-state index is 12.1. The molecule has 0 unspecified atom stereocenters. The van der Waals surface area contributed by atoms with Crippen LogP contribution in [0.1, 0.15) is 6.42 Å². The van der Waals surface area contributed by atoms with E-state index in [1.54, 1.807) is 0 Å². The number of aliphatic hydroxyl groups excluding tert-OH is 1. The van der Waals surface area contributed by atoms with Gasteiger partial charge >= 0.3 is 23.9 Å². The van der Waals surface area contributed by atoms with Crippen LogP contribution >= 0.6 is 0 Å². The largest absolute Gasteiger partial charge is 0.478 e. The number of hydrogen-bond donors (Lipinski definition) is 6. The fraction of sp³-hybridized carbons (Fsp3) is 0.400. The topological polar surface area (TPSA) is 240 Å². The fourth-order valence-corrected chi connectivity index (χ4v) is 3.00. The van der Waals surface area contributed by atoms with Crippen molar-refractivity contribution >= 4 is 41.2 Å². The quantitative estimate of drug-likeness (QED) is 0.180. The average Bonchev–Trinajstić information content (AvgIpc) is 2.87. The Bertz CT molecular complexity index is 921. The van der Waals surface area contributed by atoms with E-state index in [-0.39, 0.29) is 18.0 Å². The Kier molecular flexibility index (Phi) is 20.4. The van der Waals surface area contributed by atoms with Crippen LogP contribution in [0, 0.1) is 0 Å². The molecule has 0 spiro atoms. The minimum atomic E-state index is -1.26. The zero-order valence-electron chi connectivity index (χ0n) is 22.4. The van der Waals surface area contributed by atoms with E-state index in [1.165, 1.54) is 0 Å². The normalized spacial score (nSPS) is 13.2. The number of rotatable bonds is 11. The highest BCUT2D eigenvalue weighted by Crippen LogP contribution is 2.15. The maximum Gasteiger partial charge on any atom is 0.328 e. The number of amides is 1. The molecule has 15 heteroatoms. The van der Waals surface area contributed by atoms with Crippen LogP contribution in [0.4, 0.5) is 11.4 Å². The zero-order chi connectivity index (χ0) is 29.8. The first-order valence-electron chi connectivity index (χ1n) is 11.7. The molecule has 40 heavy (non-hydrogen) atoms. The van der Waals surface area contributed by atoms with Crippen LogP contribution in [-0.4, -0.2) is 131 Å². The lowest BCUT2D eigenvalue weighted by Gasteiger charge is -2.34. The van der Waals surface area contributed by atoms with Crippen molar-refractivity contribution in [3.8, 4) is 0 Å². The molecule has 2 rings (SSSR count). The number of anilines is 2. The van der Waals surface area contributed by atoms with Gasteiger partial charge in [0.15, 0.2) is 0 Å². The van der Waals surface area contributed by atoms with Crippen LogP contribution < -0.4 is 10.2 Å². The Labute approximate surface area is 231 Å². The average molecular weight is 571 g/mol. The molecule has 1 aliphatic heterocycles. The maximum atomic E-state index is 12.1. The molecule has 1 aromatic rings. The summed E-state index contributed by atoms with van der Waals surface area (Å²) >= 11 is 0. The van der Waals surface area contributed by atoms with E-state index in [0.29, 0.717) is 30.8 Å². The fourth-order valence-electron chi connectivity index (χ4n) is 3.00. The van der Waals surface area contributed by atoms with Gasteiger partial charge in [0, 0.05) is 89.1 Å². The van der Waals surface area contributed by atoms with Crippen molar-refractivity contribution in [2.45, 2.75) is 6.42 Å². The second kappa shape index (κ2) is 21.6. The molecular formula is C25H38N4O11. The van der Waals surface area contributed by atoms with Crippen LogP contribution in [0.2, 0.25) is 0 Å². The van der Waals surface area contributed by atoms with Crippen molar-refractivity contribution in [2.75, 3.05) is 70.2 Å². The summed E-state index contributed by atoms with van der Waals surface area (Å²) in [5.41, 5.74) is 1.95. The molecular weight excluding hydrogens is 532 g/mol. The zero-order valence-corrected chi connectivity index (χ0v) is 22.4. The third-order valence-electron chi connectivity index (χ3n) is 4.87. The number of carbonyl (C=O) groups is 5. The van der Waals surface area contributed by atoms with Crippen LogP contribution in [0.5, 0.6) is 0 Å². The van der Waals surface area contributed by atoms with Crippen LogP contribution in [0.25, 0.3) is 0 Å². The van der Waals surface area contributed by atoms with E-state index in [2.05, 4.69) is 15.1 Å². The first-order chi connectivity index (χ1) is 18.3. The molecule has 0 aliphatic carbocycles. The van der Waals surface area contributed by atoms with Gasteiger partial charge in [-0.2, -0.15) is 0 Å². The molecule has 1 heterocycles. The molecule has 0 aromatic heterocycles. The number of hydrogen-bond acceptors (Lipinski definition) is 9. The van der Waals surface area contributed by atoms with Crippen molar-refractivity contribution in [3.63, 3.8) is 0 Å². The molecule has 0 saturated carbocycles. The van der Waals surface area contributed by atoms with Crippen molar-refractivity contribution in [1.82, 2.24) is 9.80 Å². The van der Waals surface area contributed by atoms with Gasteiger partial charge in [0.05, 0.1) is 6.54 Å². The number of nitrogens with zero attached hydrogens (tertiary/aromatic N) is 3. The number of benzene rings is 1. The predicted molar refractivity (Wildman–Crippen MR) is 146 cm³/mol. The summed E-state index contributed by atoms with van der Waals surface area (Å²) in [6, 6.07) is 7.85. The summed E-state index contributed by atoms with van der Waals surface area (Å²) in [7, 11) is 3.99. The van der Waals surface area contributed by atoms with Gasteiger partial charge in [0.2, 0.25) is 5.91 Å². The molecule has 0 radical (unpaired) electrons. The lowest BCUT2D eigenvalue weighted by atomic mass is 10.2. The molecule has 0 bridgehead atoms. The summed E-state index contributed by atoms with van der Waals surface area (Å²) in [6.45, 7) is 5.35. The molecule has 1 aliphatic rings. The summed E-state index contributed by atoms with van der Waals surface area (Å²) in [5, 5.41) is 43.1. The lowest BCUT2D eigenvalue weighted by molar-refractivity contribution is -0.134. The van der Waals surface area contributed by atoms with Gasteiger partial charge in [-0.15, -0.1) is 0 Å². The molecule has 15 nitrogen and oxygen atoms in total. The Morgan fingerprint density at radius 1 is 0.775 bits per heavy atom. The molecule has 1 saturated heterocycles. The van der Waals surface area contributed by atoms with Gasteiger partial charge < -0.3 is 46.1 Å². The third kappa shape index (κ3) is 20.7. The number of piperazine rings is 1. The minimum absolute atomic E-state index is 0. The summed E-state index contributed by atoms with van der Waals surface area (Å²) in [4.78, 5) is 56.9. The monoisotopic (exact) mass is 570 g/mol. The number of carbonyl (C=O) groups excluding carboxylic acids is 1. The first-order valence-corrected chi connectivity index (χ1v) is 11.7. The number of aliphatic hydroxyl groups is 1. The highest BCUT2D eigenvalue weighted by Gasteiger charge is 2.18. The van der Waals surface area contributed by atoms with Gasteiger partial charge in [-0.1, -0.05) is 0 Å². The second-order valence-electron chi connectivity index (χ2n) is 8.20. The number of aliphatic carboxylic acids is 4. The highest BCUT2D eigenvalue weighted by atomic mass is 16.4. The van der Waals surface area contributed by atoms with Crippen LogP contribution in [-0.2, 0) is 24.0 Å². The van der Waals surface area contributed by atoms with E-state index >= 15 is 0 Å². The van der Waals surface area contributed by atoms with Crippen molar-refractivity contribution in [2.24, 2.45) is 0 Å². The van der Waals surface area contributed by atoms with Crippen molar-refractivity contribution in [1.29, 1.82) is 0 Å². The van der Waals surface area contributed by atoms with Gasteiger partial charge in [-0.05, 0) is 30.7 Å². The first kappa shape index (κ1) is 37.8. The minimum Gasteiger partial charge on any atom is -0.478 e. The van der Waals surface area contributed by atoms with Gasteiger partial charge in [-0.3, -0.25) is 9.69 Å². The van der Waals surface area contributed by atoms with Crippen LogP contribution in [0.15, 0.2) is 48.6 Å². The van der Waals surface area contributed by atoms with Crippen molar-refractivity contribution in [3.05, 3.63) is 48.6 Å². The number of nitrogens with one attached hydrogen (secondary N) is 1. The summed E-state index contributed by atoms with van der Waals surface area (Å²) in [5.74, 6) is -4.99. The molecule has 1 amide bonds. The van der Waals surface area contributed by atoms with E-state index in [9.17, 15) is 24.0 Å². The van der Waals surface area contributed by atoms with Crippen LogP contribution in [0.3, 0.4) is 0 Å². The molecule has 0 atom stereocenters. The Morgan fingerprint density at radius 2 is 1.18 bits per heavy atom. The summed E-state index contributed by atoms with van der Waals surface area (Å²) < 4.78 is 0. The third-order valence-corrected chi connectivity index (χ3v) is 4.87. The smallest absolute Gasteiger partial charge is 0.328 e. The van der Waals surface area contributed by atoms with Gasteiger partial charge in [0.1, 0.15) is 0 Å². The number of carboxylic acid groups (broad SMARTS) is 4. The Morgan fingerprint density at radius 3 is 1.52 bits per heavy atom. The predicted octanol–water partition coefficient (Wildman–Crippen LogP) is -0.710. The Hall–Kier alpha value is -4.31. The van der Waals surface area contributed by atoms with E-state index in [4.69, 9.17) is 25.5 Å². The molecule has 8 N–H and O–H groups in total. The van der Waals surface area contributed by atoms with Gasteiger partial charge in [-0.25, -0.2) is 19.2 Å².